The minimum atomic E-state index is -0.898. The van der Waals surface area contributed by atoms with Crippen molar-refractivity contribution in [2.75, 3.05) is 11.9 Å². The number of hydrogen-bond acceptors (Lipinski definition) is 3. The number of aliphatic hydroxyl groups is 1. The Morgan fingerprint density at radius 1 is 1.08 bits per heavy atom. The first-order valence-corrected chi connectivity index (χ1v) is 8.64. The van der Waals surface area contributed by atoms with Gasteiger partial charge in [0.25, 0.3) is 0 Å². The summed E-state index contributed by atoms with van der Waals surface area (Å²) in [6.45, 7) is 3.95. The number of ether oxygens (including phenoxy) is 1. The monoisotopic (exact) mass is 362 g/mol. The van der Waals surface area contributed by atoms with Gasteiger partial charge in [0, 0.05) is 6.54 Å². The van der Waals surface area contributed by atoms with Gasteiger partial charge in [-0.2, -0.15) is 0 Å². The van der Waals surface area contributed by atoms with Gasteiger partial charge in [-0.05, 0) is 37.1 Å². The van der Waals surface area contributed by atoms with Crippen molar-refractivity contribution in [3.8, 4) is 11.5 Å². The van der Waals surface area contributed by atoms with Gasteiger partial charge in [-0.25, -0.2) is 4.79 Å². The first kappa shape index (κ1) is 19.1. The molecule has 0 atom stereocenters. The molecule has 0 aromatic heterocycles. The van der Waals surface area contributed by atoms with Gasteiger partial charge in [0.05, 0.1) is 16.3 Å². The van der Waals surface area contributed by atoms with Crippen LogP contribution in [-0.4, -0.2) is 23.3 Å². The molecule has 2 aromatic rings. The highest BCUT2D eigenvalue weighted by Crippen LogP contribution is 2.33. The highest BCUT2D eigenvalue weighted by atomic mass is 35.5. The second kappa shape index (κ2) is 8.74. The van der Waals surface area contributed by atoms with Crippen molar-refractivity contribution in [3.63, 3.8) is 0 Å². The fourth-order valence-corrected chi connectivity index (χ4v) is 2.39. The molecule has 2 rings (SSSR count). The van der Waals surface area contributed by atoms with Crippen LogP contribution in [-0.2, 0) is 0 Å². The third-order valence-electron chi connectivity index (χ3n) is 4.09. The van der Waals surface area contributed by atoms with Gasteiger partial charge in [0.15, 0.2) is 5.75 Å². The number of rotatable bonds is 7. The number of para-hydroxylation sites is 3. The molecule has 0 saturated carbocycles. The highest BCUT2D eigenvalue weighted by molar-refractivity contribution is 6.32. The number of urea groups is 1. The van der Waals surface area contributed by atoms with E-state index in [2.05, 4.69) is 10.6 Å². The number of benzene rings is 2. The number of carbonyl (C=O) groups is 1. The maximum absolute atomic E-state index is 12.1. The SMILES string of the molecule is CCC(O)(CC)CNC(=O)Nc1ccccc1Oc1ccccc1Cl. The van der Waals surface area contributed by atoms with Crippen LogP contribution < -0.4 is 15.4 Å². The van der Waals surface area contributed by atoms with Crippen molar-refractivity contribution < 1.29 is 14.6 Å². The summed E-state index contributed by atoms with van der Waals surface area (Å²) in [6.07, 6.45) is 1.13. The lowest BCUT2D eigenvalue weighted by molar-refractivity contribution is 0.0354. The summed E-state index contributed by atoms with van der Waals surface area (Å²) >= 11 is 6.11. The number of anilines is 1. The third-order valence-corrected chi connectivity index (χ3v) is 4.40. The Morgan fingerprint density at radius 3 is 2.32 bits per heavy atom. The van der Waals surface area contributed by atoms with Crippen LogP contribution >= 0.6 is 11.6 Å². The number of carbonyl (C=O) groups excluding carboxylic acids is 1. The molecule has 0 aliphatic carbocycles. The number of hydrogen-bond donors (Lipinski definition) is 3. The minimum absolute atomic E-state index is 0.180. The molecule has 0 heterocycles. The second-order valence-corrected chi connectivity index (χ2v) is 6.17. The van der Waals surface area contributed by atoms with E-state index in [4.69, 9.17) is 16.3 Å². The average molecular weight is 363 g/mol. The van der Waals surface area contributed by atoms with Crippen LogP contribution in [0.2, 0.25) is 5.02 Å². The van der Waals surface area contributed by atoms with Gasteiger partial charge in [-0.1, -0.05) is 49.7 Å². The molecule has 2 aromatic carbocycles. The molecule has 0 saturated heterocycles. The molecule has 0 fully saturated rings. The Kier molecular flexibility index (Phi) is 6.67. The van der Waals surface area contributed by atoms with Crippen molar-refractivity contribution in [2.45, 2.75) is 32.3 Å². The third kappa shape index (κ3) is 5.37. The molecule has 0 aliphatic heterocycles. The predicted octanol–water partition coefficient (Wildman–Crippen LogP) is 4.80. The van der Waals surface area contributed by atoms with E-state index in [-0.39, 0.29) is 6.54 Å². The maximum atomic E-state index is 12.1. The molecule has 0 aliphatic rings. The molecule has 0 unspecified atom stereocenters. The van der Waals surface area contributed by atoms with E-state index in [0.717, 1.165) is 0 Å². The minimum Gasteiger partial charge on any atom is -0.454 e. The summed E-state index contributed by atoms with van der Waals surface area (Å²) in [5.74, 6) is 0.983. The molecule has 0 spiro atoms. The Balaban J connectivity index is 2.05. The van der Waals surface area contributed by atoms with Gasteiger partial charge in [-0.3, -0.25) is 0 Å². The van der Waals surface area contributed by atoms with E-state index in [0.29, 0.717) is 35.1 Å². The van der Waals surface area contributed by atoms with Crippen LogP contribution in [0.25, 0.3) is 0 Å². The van der Waals surface area contributed by atoms with E-state index in [1.54, 1.807) is 30.3 Å². The summed E-state index contributed by atoms with van der Waals surface area (Å²) in [6, 6.07) is 13.8. The van der Waals surface area contributed by atoms with Crippen molar-refractivity contribution in [1.29, 1.82) is 0 Å². The second-order valence-electron chi connectivity index (χ2n) is 5.77. The molecular weight excluding hydrogens is 340 g/mol. The zero-order chi connectivity index (χ0) is 18.3. The van der Waals surface area contributed by atoms with Crippen LogP contribution in [0.4, 0.5) is 10.5 Å². The summed E-state index contributed by atoms with van der Waals surface area (Å²) in [7, 11) is 0. The summed E-state index contributed by atoms with van der Waals surface area (Å²) in [5, 5.41) is 16.2. The molecular formula is C19H23ClN2O3. The smallest absolute Gasteiger partial charge is 0.319 e. The first-order chi connectivity index (χ1) is 12.0. The zero-order valence-electron chi connectivity index (χ0n) is 14.4. The Labute approximate surface area is 153 Å². The van der Waals surface area contributed by atoms with Gasteiger partial charge in [0.2, 0.25) is 0 Å². The zero-order valence-corrected chi connectivity index (χ0v) is 15.1. The van der Waals surface area contributed by atoms with Crippen molar-refractivity contribution >= 4 is 23.3 Å². The topological polar surface area (TPSA) is 70.6 Å². The fourth-order valence-electron chi connectivity index (χ4n) is 2.22. The Bertz CT molecular complexity index is 717. The molecule has 5 nitrogen and oxygen atoms in total. The normalized spacial score (nSPS) is 11.0. The Hall–Kier alpha value is -2.24. The van der Waals surface area contributed by atoms with E-state index < -0.39 is 11.6 Å². The van der Waals surface area contributed by atoms with Crippen molar-refractivity contribution in [2.24, 2.45) is 0 Å². The lowest BCUT2D eigenvalue weighted by atomic mass is 9.98. The molecule has 0 bridgehead atoms. The standard InChI is InChI=1S/C19H23ClN2O3/c1-3-19(24,4-2)13-21-18(23)22-15-10-6-8-12-17(15)25-16-11-7-5-9-14(16)20/h5-12,24H,3-4,13H2,1-2H3,(H2,21,22,23). The molecule has 134 valence electrons. The molecule has 6 heteroatoms. The fraction of sp³-hybridized carbons (Fsp3) is 0.316. The summed E-state index contributed by atoms with van der Waals surface area (Å²) < 4.78 is 5.81. The molecule has 0 radical (unpaired) electrons. The number of nitrogens with one attached hydrogen (secondary N) is 2. The van der Waals surface area contributed by atoms with E-state index in [1.807, 2.05) is 32.0 Å². The largest absolute Gasteiger partial charge is 0.454 e. The van der Waals surface area contributed by atoms with Crippen molar-refractivity contribution in [1.82, 2.24) is 5.32 Å². The lowest BCUT2D eigenvalue weighted by Crippen LogP contribution is -2.43. The summed E-state index contributed by atoms with van der Waals surface area (Å²) in [5.41, 5.74) is -0.387. The van der Waals surface area contributed by atoms with Crippen LogP contribution in [0.3, 0.4) is 0 Å². The average Bonchev–Trinajstić information content (AvgIpc) is 2.63. The number of halogens is 1. The Morgan fingerprint density at radius 2 is 1.68 bits per heavy atom. The van der Waals surface area contributed by atoms with Gasteiger partial charge in [0.1, 0.15) is 5.75 Å². The molecule has 3 N–H and O–H groups in total. The predicted molar refractivity (Wildman–Crippen MR) is 101 cm³/mol. The van der Waals surface area contributed by atoms with Crippen molar-refractivity contribution in [3.05, 3.63) is 53.6 Å². The van der Waals surface area contributed by atoms with Crippen LogP contribution in [0.15, 0.2) is 48.5 Å². The van der Waals surface area contributed by atoms with Crippen LogP contribution in [0.5, 0.6) is 11.5 Å². The molecule has 2 amide bonds. The van der Waals surface area contributed by atoms with Gasteiger partial charge in [-0.15, -0.1) is 0 Å². The van der Waals surface area contributed by atoms with E-state index in [9.17, 15) is 9.90 Å². The van der Waals surface area contributed by atoms with E-state index in [1.165, 1.54) is 0 Å². The van der Waals surface area contributed by atoms with Gasteiger partial charge >= 0.3 is 6.03 Å². The highest BCUT2D eigenvalue weighted by Gasteiger charge is 2.22. The lowest BCUT2D eigenvalue weighted by Gasteiger charge is -2.25. The first-order valence-electron chi connectivity index (χ1n) is 8.26. The van der Waals surface area contributed by atoms with Crippen LogP contribution in [0.1, 0.15) is 26.7 Å². The quantitative estimate of drug-likeness (QED) is 0.662. The summed E-state index contributed by atoms with van der Waals surface area (Å²) in [4.78, 5) is 12.1. The molecule has 25 heavy (non-hydrogen) atoms. The maximum Gasteiger partial charge on any atom is 0.319 e. The van der Waals surface area contributed by atoms with E-state index >= 15 is 0 Å². The number of amides is 2. The van der Waals surface area contributed by atoms with Crippen LogP contribution in [0, 0.1) is 0 Å². The van der Waals surface area contributed by atoms with Gasteiger partial charge < -0.3 is 20.5 Å².